The molecular weight excluding hydrogens is 863 g/mol. The maximum Gasteiger partial charge on any atom is 0.305 e. The Bertz CT molecular complexity index is 1050. The number of hydrogen-bond acceptors (Lipinski definition) is 5. The van der Waals surface area contributed by atoms with Crippen molar-refractivity contribution in [2.45, 2.75) is 373 Å². The highest BCUT2D eigenvalue weighted by Gasteiger charge is 2.20. The summed E-state index contributed by atoms with van der Waals surface area (Å²) in [5.74, 6) is -0.0484. The Labute approximate surface area is 438 Å². The number of unbranched alkanes of at least 4 members (excludes halogenated alkanes) is 47. The van der Waals surface area contributed by atoms with Gasteiger partial charge >= 0.3 is 5.97 Å². The van der Waals surface area contributed by atoms with Crippen LogP contribution in [0.1, 0.15) is 361 Å². The smallest absolute Gasteiger partial charge is 0.305 e. The molecule has 6 nitrogen and oxygen atoms in total. The molecule has 0 fully saturated rings. The van der Waals surface area contributed by atoms with E-state index in [2.05, 4.69) is 31.3 Å². The van der Waals surface area contributed by atoms with E-state index in [1.54, 1.807) is 0 Å². The van der Waals surface area contributed by atoms with Crippen LogP contribution in [0.4, 0.5) is 0 Å². The number of carbonyl (C=O) groups is 2. The molecule has 0 spiro atoms. The molecule has 0 radical (unpaired) electrons. The van der Waals surface area contributed by atoms with Gasteiger partial charge in [-0.15, -0.1) is 0 Å². The molecule has 0 bridgehead atoms. The largest absolute Gasteiger partial charge is 0.466 e. The SMILES string of the molecule is CCCCCCCCCCCCCCCCCCCCCCCCCCCC(O)C(CO)NC(=O)CCCCCCC/C=C\CCCCCCCCCOC(=O)CCCCCCCCCCCCCC. The standard InChI is InChI=1S/C64H125NO5/c1-3-5-7-9-11-13-15-17-18-19-20-21-22-23-24-25-26-27-30-33-36-40-44-48-52-56-62(67)61(60-66)65-63(68)57-53-49-45-41-37-34-31-28-29-32-35-39-43-47-51-55-59-70-64(69)58-54-50-46-42-38-16-14-12-10-8-6-4-2/h28,31,61-62,66-67H,3-27,29-30,32-60H2,1-2H3,(H,65,68)/b31-28-. The molecule has 0 saturated heterocycles. The van der Waals surface area contributed by atoms with Crippen LogP contribution in [0.3, 0.4) is 0 Å². The van der Waals surface area contributed by atoms with Gasteiger partial charge in [-0.25, -0.2) is 0 Å². The van der Waals surface area contributed by atoms with E-state index in [0.29, 0.717) is 25.9 Å². The van der Waals surface area contributed by atoms with Gasteiger partial charge in [0.15, 0.2) is 0 Å². The van der Waals surface area contributed by atoms with Crippen molar-refractivity contribution in [2.24, 2.45) is 0 Å². The Kier molecular flexibility index (Phi) is 59.0. The van der Waals surface area contributed by atoms with E-state index >= 15 is 0 Å². The molecule has 0 aromatic carbocycles. The van der Waals surface area contributed by atoms with Crippen LogP contribution in [0, 0.1) is 0 Å². The van der Waals surface area contributed by atoms with E-state index in [9.17, 15) is 19.8 Å². The highest BCUT2D eigenvalue weighted by molar-refractivity contribution is 5.76. The summed E-state index contributed by atoms with van der Waals surface area (Å²) in [4.78, 5) is 24.5. The van der Waals surface area contributed by atoms with Gasteiger partial charge in [0.2, 0.25) is 5.91 Å². The fraction of sp³-hybridized carbons (Fsp3) is 0.938. The number of aliphatic hydroxyl groups is 2. The Balaban J connectivity index is 3.45. The molecule has 0 rings (SSSR count). The van der Waals surface area contributed by atoms with Gasteiger partial charge < -0.3 is 20.3 Å². The second kappa shape index (κ2) is 60.2. The van der Waals surface area contributed by atoms with Crippen LogP contribution in [0.25, 0.3) is 0 Å². The van der Waals surface area contributed by atoms with Gasteiger partial charge in [0.1, 0.15) is 0 Å². The zero-order valence-electron chi connectivity index (χ0n) is 47.5. The number of allylic oxidation sites excluding steroid dienone is 2. The van der Waals surface area contributed by atoms with Crippen LogP contribution in [0.5, 0.6) is 0 Å². The monoisotopic (exact) mass is 988 g/mol. The normalized spacial score (nSPS) is 12.6. The second-order valence-corrected chi connectivity index (χ2v) is 22.1. The van der Waals surface area contributed by atoms with Crippen LogP contribution >= 0.6 is 0 Å². The molecule has 2 unspecified atom stereocenters. The number of esters is 1. The predicted octanol–water partition coefficient (Wildman–Crippen LogP) is 20.0. The third kappa shape index (κ3) is 55.9. The van der Waals surface area contributed by atoms with Crippen molar-refractivity contribution < 1.29 is 24.5 Å². The predicted molar refractivity (Wildman–Crippen MR) is 306 cm³/mol. The van der Waals surface area contributed by atoms with Gasteiger partial charge in [-0.1, -0.05) is 309 Å². The van der Waals surface area contributed by atoms with Crippen LogP contribution in [-0.4, -0.2) is 47.4 Å². The first-order valence-electron chi connectivity index (χ1n) is 31.9. The van der Waals surface area contributed by atoms with Gasteiger partial charge in [-0.3, -0.25) is 9.59 Å². The molecule has 70 heavy (non-hydrogen) atoms. The van der Waals surface area contributed by atoms with E-state index in [0.717, 1.165) is 64.2 Å². The molecule has 0 aromatic heterocycles. The van der Waals surface area contributed by atoms with Gasteiger partial charge in [0, 0.05) is 12.8 Å². The van der Waals surface area contributed by atoms with E-state index in [1.165, 1.54) is 263 Å². The van der Waals surface area contributed by atoms with Crippen molar-refractivity contribution in [3.63, 3.8) is 0 Å². The minimum Gasteiger partial charge on any atom is -0.466 e. The summed E-state index contributed by atoms with van der Waals surface area (Å²) in [5, 5.41) is 23.4. The molecule has 2 atom stereocenters. The third-order valence-electron chi connectivity index (χ3n) is 15.1. The van der Waals surface area contributed by atoms with Crippen molar-refractivity contribution in [3.8, 4) is 0 Å². The summed E-state index contributed by atoms with van der Waals surface area (Å²) in [5.41, 5.74) is 0. The van der Waals surface area contributed by atoms with E-state index in [1.807, 2.05) is 0 Å². The fourth-order valence-corrected chi connectivity index (χ4v) is 10.2. The second-order valence-electron chi connectivity index (χ2n) is 22.1. The van der Waals surface area contributed by atoms with Crippen molar-refractivity contribution in [2.75, 3.05) is 13.2 Å². The molecule has 1 amide bonds. The summed E-state index contributed by atoms with van der Waals surface area (Å²) in [6.45, 7) is 4.96. The zero-order valence-corrected chi connectivity index (χ0v) is 47.5. The Morgan fingerprint density at radius 3 is 1.01 bits per heavy atom. The number of rotatable bonds is 60. The van der Waals surface area contributed by atoms with E-state index in [-0.39, 0.29) is 18.5 Å². The van der Waals surface area contributed by atoms with Crippen molar-refractivity contribution in [3.05, 3.63) is 12.2 Å². The highest BCUT2D eigenvalue weighted by atomic mass is 16.5. The van der Waals surface area contributed by atoms with Crippen LogP contribution in [-0.2, 0) is 14.3 Å². The maximum absolute atomic E-state index is 12.5. The molecule has 0 aromatic rings. The lowest BCUT2D eigenvalue weighted by Crippen LogP contribution is -2.45. The molecule has 0 heterocycles. The summed E-state index contributed by atoms with van der Waals surface area (Å²) < 4.78 is 5.46. The first-order chi connectivity index (χ1) is 34.5. The van der Waals surface area contributed by atoms with E-state index in [4.69, 9.17) is 4.74 Å². The summed E-state index contributed by atoms with van der Waals surface area (Å²) in [7, 11) is 0. The molecule has 416 valence electrons. The number of nitrogens with one attached hydrogen (secondary N) is 1. The first-order valence-corrected chi connectivity index (χ1v) is 31.9. The minimum atomic E-state index is -0.675. The Morgan fingerprint density at radius 2 is 0.671 bits per heavy atom. The van der Waals surface area contributed by atoms with Crippen LogP contribution in [0.15, 0.2) is 12.2 Å². The number of hydrogen-bond donors (Lipinski definition) is 3. The van der Waals surface area contributed by atoms with Gasteiger partial charge in [-0.05, 0) is 51.4 Å². The molecule has 3 N–H and O–H groups in total. The zero-order chi connectivity index (χ0) is 50.7. The first kappa shape index (κ1) is 68.6. The number of ether oxygens (including phenoxy) is 1. The lowest BCUT2D eigenvalue weighted by atomic mass is 10.0. The number of amides is 1. The maximum atomic E-state index is 12.5. The fourth-order valence-electron chi connectivity index (χ4n) is 10.2. The Hall–Kier alpha value is -1.40. The molecule has 0 aliphatic heterocycles. The van der Waals surface area contributed by atoms with Crippen molar-refractivity contribution in [1.82, 2.24) is 5.32 Å². The number of aliphatic hydroxyl groups excluding tert-OH is 2. The van der Waals surface area contributed by atoms with Gasteiger partial charge in [0.25, 0.3) is 0 Å². The van der Waals surface area contributed by atoms with Crippen LogP contribution < -0.4 is 5.32 Å². The molecule has 0 aliphatic rings. The summed E-state index contributed by atoms with van der Waals surface area (Å²) in [6, 6.07) is -0.554. The van der Waals surface area contributed by atoms with Crippen molar-refractivity contribution in [1.29, 1.82) is 0 Å². The lowest BCUT2D eigenvalue weighted by Gasteiger charge is -2.22. The quantitative estimate of drug-likeness (QED) is 0.0321. The lowest BCUT2D eigenvalue weighted by molar-refractivity contribution is -0.143. The molecule has 6 heteroatoms. The molecular formula is C64H125NO5. The average Bonchev–Trinajstić information content (AvgIpc) is 3.36. The molecule has 0 aliphatic carbocycles. The van der Waals surface area contributed by atoms with Crippen molar-refractivity contribution >= 4 is 11.9 Å². The minimum absolute atomic E-state index is 0.000955. The van der Waals surface area contributed by atoms with Gasteiger partial charge in [0.05, 0.1) is 25.4 Å². The average molecular weight is 989 g/mol. The highest BCUT2D eigenvalue weighted by Crippen LogP contribution is 2.18. The summed E-state index contributed by atoms with van der Waals surface area (Å²) >= 11 is 0. The van der Waals surface area contributed by atoms with Gasteiger partial charge in [-0.2, -0.15) is 0 Å². The number of carbonyl (C=O) groups excluding carboxylic acids is 2. The van der Waals surface area contributed by atoms with E-state index < -0.39 is 12.1 Å². The Morgan fingerprint density at radius 1 is 0.386 bits per heavy atom. The summed E-state index contributed by atoms with van der Waals surface area (Å²) in [6.07, 6.45) is 72.2. The molecule has 0 saturated carbocycles. The third-order valence-corrected chi connectivity index (χ3v) is 15.1. The topological polar surface area (TPSA) is 95.9 Å². The van der Waals surface area contributed by atoms with Crippen LogP contribution in [0.2, 0.25) is 0 Å².